The highest BCUT2D eigenvalue weighted by Crippen LogP contribution is 2.23. The van der Waals surface area contributed by atoms with Crippen LogP contribution in [0.2, 0.25) is 0 Å². The summed E-state index contributed by atoms with van der Waals surface area (Å²) < 4.78 is 0. The Morgan fingerprint density at radius 2 is 2.11 bits per heavy atom. The molecule has 5 nitrogen and oxygen atoms in total. The van der Waals surface area contributed by atoms with Crippen molar-refractivity contribution in [2.45, 2.75) is 27.3 Å². The van der Waals surface area contributed by atoms with Crippen LogP contribution in [0.5, 0.6) is 0 Å². The van der Waals surface area contributed by atoms with Crippen molar-refractivity contribution in [2.75, 3.05) is 25.5 Å². The second kappa shape index (κ2) is 7.09. The Hall–Kier alpha value is -1.62. The molecule has 0 fully saturated rings. The number of nitrogens with one attached hydrogen (secondary N) is 1. The zero-order valence-corrected chi connectivity index (χ0v) is 12.1. The minimum absolute atomic E-state index is 0.148. The van der Waals surface area contributed by atoms with Gasteiger partial charge in [0.1, 0.15) is 0 Å². The van der Waals surface area contributed by atoms with Crippen molar-refractivity contribution in [3.63, 3.8) is 0 Å². The molecule has 0 bridgehead atoms. The van der Waals surface area contributed by atoms with Crippen molar-refractivity contribution >= 4 is 11.4 Å². The molecule has 0 unspecified atom stereocenters. The second-order valence-corrected chi connectivity index (χ2v) is 5.07. The molecule has 0 aliphatic heterocycles. The maximum absolute atomic E-state index is 10.9. The fourth-order valence-corrected chi connectivity index (χ4v) is 2.13. The molecule has 1 N–H and O–H groups in total. The van der Waals surface area contributed by atoms with Crippen molar-refractivity contribution in [1.29, 1.82) is 0 Å². The van der Waals surface area contributed by atoms with Crippen molar-refractivity contribution < 1.29 is 4.92 Å². The van der Waals surface area contributed by atoms with Crippen LogP contribution >= 0.6 is 0 Å². The van der Waals surface area contributed by atoms with E-state index in [0.717, 1.165) is 30.9 Å². The van der Waals surface area contributed by atoms with Gasteiger partial charge in [0.05, 0.1) is 4.92 Å². The third-order valence-electron chi connectivity index (χ3n) is 3.03. The van der Waals surface area contributed by atoms with Crippen LogP contribution in [-0.2, 0) is 6.54 Å². The highest BCUT2D eigenvalue weighted by atomic mass is 16.6. The molecular weight excluding hydrogens is 242 g/mol. The van der Waals surface area contributed by atoms with Gasteiger partial charge >= 0.3 is 0 Å². The van der Waals surface area contributed by atoms with Crippen LogP contribution in [0, 0.1) is 16.0 Å². The standard InChI is InChI=1S/C14H23N3O2/c1-5-16(9-11(2)3)10-12-8-13(17(18)19)6-7-14(12)15-4/h6-8,11,15H,5,9-10H2,1-4H3. The third-order valence-corrected chi connectivity index (χ3v) is 3.03. The van der Waals surface area contributed by atoms with E-state index in [2.05, 4.69) is 31.0 Å². The van der Waals surface area contributed by atoms with E-state index in [9.17, 15) is 10.1 Å². The van der Waals surface area contributed by atoms with Crippen molar-refractivity contribution in [1.82, 2.24) is 4.90 Å². The smallest absolute Gasteiger partial charge is 0.269 e. The van der Waals surface area contributed by atoms with E-state index in [1.165, 1.54) is 6.07 Å². The number of nitro benzene ring substituents is 1. The molecule has 19 heavy (non-hydrogen) atoms. The Labute approximate surface area is 114 Å². The summed E-state index contributed by atoms with van der Waals surface area (Å²) in [5, 5.41) is 14.0. The first-order valence-corrected chi connectivity index (χ1v) is 6.65. The lowest BCUT2D eigenvalue weighted by Gasteiger charge is -2.23. The van der Waals surface area contributed by atoms with Gasteiger partial charge in [0.2, 0.25) is 0 Å². The fourth-order valence-electron chi connectivity index (χ4n) is 2.13. The largest absolute Gasteiger partial charge is 0.388 e. The summed E-state index contributed by atoms with van der Waals surface area (Å²) in [6.07, 6.45) is 0. The monoisotopic (exact) mass is 265 g/mol. The van der Waals surface area contributed by atoms with Gasteiger partial charge in [0.15, 0.2) is 0 Å². The lowest BCUT2D eigenvalue weighted by Crippen LogP contribution is -2.27. The average molecular weight is 265 g/mol. The molecular formula is C14H23N3O2. The predicted octanol–water partition coefficient (Wildman–Crippen LogP) is 3.11. The molecule has 0 heterocycles. The van der Waals surface area contributed by atoms with Crippen molar-refractivity contribution in [3.8, 4) is 0 Å². The maximum atomic E-state index is 10.9. The first kappa shape index (κ1) is 15.4. The molecule has 1 rings (SSSR count). The first-order valence-electron chi connectivity index (χ1n) is 6.65. The van der Waals surface area contributed by atoms with Gasteiger partial charge in [-0.25, -0.2) is 0 Å². The highest BCUT2D eigenvalue weighted by Gasteiger charge is 2.13. The van der Waals surface area contributed by atoms with Crippen LogP contribution < -0.4 is 5.32 Å². The third kappa shape index (κ3) is 4.52. The van der Waals surface area contributed by atoms with Crippen LogP contribution in [0.15, 0.2) is 18.2 Å². The van der Waals surface area contributed by atoms with E-state index in [1.54, 1.807) is 12.1 Å². The molecule has 0 aliphatic carbocycles. The highest BCUT2D eigenvalue weighted by molar-refractivity contribution is 5.55. The lowest BCUT2D eigenvalue weighted by atomic mass is 10.1. The zero-order valence-electron chi connectivity index (χ0n) is 12.1. The Morgan fingerprint density at radius 1 is 1.42 bits per heavy atom. The molecule has 0 aromatic heterocycles. The van der Waals surface area contributed by atoms with Gasteiger partial charge in [0.25, 0.3) is 5.69 Å². The average Bonchev–Trinajstić information content (AvgIpc) is 2.37. The fraction of sp³-hybridized carbons (Fsp3) is 0.571. The minimum atomic E-state index is -0.346. The molecule has 0 spiro atoms. The number of benzene rings is 1. The van der Waals surface area contributed by atoms with Crippen LogP contribution in [0.1, 0.15) is 26.3 Å². The molecule has 1 aromatic carbocycles. The van der Waals surface area contributed by atoms with Gasteiger partial charge in [-0.1, -0.05) is 20.8 Å². The van der Waals surface area contributed by atoms with Gasteiger partial charge < -0.3 is 5.32 Å². The molecule has 0 aliphatic rings. The summed E-state index contributed by atoms with van der Waals surface area (Å²) in [7, 11) is 1.84. The Bertz CT molecular complexity index is 433. The number of nitro groups is 1. The summed E-state index contributed by atoms with van der Waals surface area (Å²) in [4.78, 5) is 12.8. The van der Waals surface area contributed by atoms with Crippen LogP contribution in [0.4, 0.5) is 11.4 Å². The number of non-ortho nitro benzene ring substituents is 1. The SMILES string of the molecule is CCN(Cc1cc([N+](=O)[O-])ccc1NC)CC(C)C. The number of hydrogen-bond donors (Lipinski definition) is 1. The van der Waals surface area contributed by atoms with Crippen molar-refractivity contribution in [2.24, 2.45) is 5.92 Å². The van der Waals surface area contributed by atoms with Crippen LogP contribution in [0.25, 0.3) is 0 Å². The Balaban J connectivity index is 2.95. The van der Waals surface area contributed by atoms with E-state index >= 15 is 0 Å². The summed E-state index contributed by atoms with van der Waals surface area (Å²) >= 11 is 0. The maximum Gasteiger partial charge on any atom is 0.269 e. The number of rotatable bonds is 7. The molecule has 0 radical (unpaired) electrons. The summed E-state index contributed by atoms with van der Waals surface area (Å²) in [5.74, 6) is 0.580. The summed E-state index contributed by atoms with van der Waals surface area (Å²) in [5.41, 5.74) is 2.07. The number of nitrogens with zero attached hydrogens (tertiary/aromatic N) is 2. The number of hydrogen-bond acceptors (Lipinski definition) is 4. The van der Waals surface area contributed by atoms with Gasteiger partial charge in [-0.3, -0.25) is 15.0 Å². The molecule has 106 valence electrons. The van der Waals surface area contributed by atoms with Gasteiger partial charge in [-0.05, 0) is 24.1 Å². The van der Waals surface area contributed by atoms with Crippen molar-refractivity contribution in [3.05, 3.63) is 33.9 Å². The van der Waals surface area contributed by atoms with Gasteiger partial charge in [-0.15, -0.1) is 0 Å². The van der Waals surface area contributed by atoms with E-state index in [-0.39, 0.29) is 10.6 Å². The van der Waals surface area contributed by atoms with E-state index in [1.807, 2.05) is 7.05 Å². The molecule has 5 heteroatoms. The van der Waals surface area contributed by atoms with Gasteiger partial charge in [-0.2, -0.15) is 0 Å². The van der Waals surface area contributed by atoms with Gasteiger partial charge in [0, 0.05) is 38.0 Å². The first-order chi connectivity index (χ1) is 8.97. The quantitative estimate of drug-likeness (QED) is 0.608. The zero-order chi connectivity index (χ0) is 14.4. The normalized spacial score (nSPS) is 11.1. The molecule has 0 saturated heterocycles. The van der Waals surface area contributed by atoms with E-state index < -0.39 is 0 Å². The van der Waals surface area contributed by atoms with Crippen LogP contribution in [-0.4, -0.2) is 30.0 Å². The molecule has 1 aromatic rings. The Morgan fingerprint density at radius 3 is 2.58 bits per heavy atom. The molecule has 0 saturated carbocycles. The lowest BCUT2D eigenvalue weighted by molar-refractivity contribution is -0.384. The van der Waals surface area contributed by atoms with E-state index in [4.69, 9.17) is 0 Å². The second-order valence-electron chi connectivity index (χ2n) is 5.07. The summed E-state index contributed by atoms with van der Waals surface area (Å²) in [6, 6.07) is 4.97. The number of anilines is 1. The van der Waals surface area contributed by atoms with Crippen LogP contribution in [0.3, 0.4) is 0 Å². The predicted molar refractivity (Wildman–Crippen MR) is 78.4 cm³/mol. The Kier molecular flexibility index (Phi) is 5.76. The molecule has 0 amide bonds. The summed E-state index contributed by atoms with van der Waals surface area (Å²) in [6.45, 7) is 9.11. The van der Waals surface area contributed by atoms with E-state index in [0.29, 0.717) is 5.92 Å². The minimum Gasteiger partial charge on any atom is -0.388 e. The molecule has 0 atom stereocenters. The topological polar surface area (TPSA) is 58.4 Å².